The van der Waals surface area contributed by atoms with Crippen molar-refractivity contribution >= 4 is 39.6 Å². The van der Waals surface area contributed by atoms with Gasteiger partial charge < -0.3 is 9.40 Å². The van der Waals surface area contributed by atoms with Crippen LogP contribution in [0.4, 0.5) is 5.95 Å². The number of aromatic nitrogens is 2. The fraction of sp³-hybridized carbons (Fsp3) is 0. The summed E-state index contributed by atoms with van der Waals surface area (Å²) in [6.07, 6.45) is 0. The lowest BCUT2D eigenvalue weighted by atomic mass is 10.1. The lowest BCUT2D eigenvalue weighted by Crippen LogP contribution is -2.07. The Hall–Kier alpha value is -3.57. The SMILES string of the molecule is Clc1ccc(-c2c/c(=N/Nc3nc4ccccc4[nH]3)c3ccccc3o2)cc1. The molecule has 28 heavy (non-hydrogen) atoms. The normalized spacial score (nSPS) is 12.0. The minimum Gasteiger partial charge on any atom is -0.456 e. The molecule has 0 unspecified atom stereocenters. The van der Waals surface area contributed by atoms with E-state index in [1.165, 1.54) is 0 Å². The molecule has 5 aromatic rings. The number of halogens is 1. The summed E-state index contributed by atoms with van der Waals surface area (Å²) < 4.78 is 6.07. The fourth-order valence-corrected chi connectivity index (χ4v) is 3.21. The van der Waals surface area contributed by atoms with E-state index in [2.05, 4.69) is 20.5 Å². The zero-order valence-electron chi connectivity index (χ0n) is 14.7. The maximum atomic E-state index is 6.07. The third-order valence-electron chi connectivity index (χ3n) is 4.45. The monoisotopic (exact) mass is 386 g/mol. The molecule has 0 saturated carbocycles. The number of benzene rings is 3. The summed E-state index contributed by atoms with van der Waals surface area (Å²) in [6.45, 7) is 0. The molecule has 5 rings (SSSR count). The van der Waals surface area contributed by atoms with Gasteiger partial charge >= 0.3 is 0 Å². The molecule has 3 aromatic carbocycles. The number of anilines is 1. The van der Waals surface area contributed by atoms with Crippen LogP contribution in [-0.2, 0) is 0 Å². The predicted octanol–water partition coefficient (Wildman–Crippen LogP) is 5.56. The molecule has 0 spiro atoms. The molecule has 6 heteroatoms. The molecule has 0 fully saturated rings. The van der Waals surface area contributed by atoms with Gasteiger partial charge in [0.15, 0.2) is 0 Å². The Kier molecular flexibility index (Phi) is 4.07. The number of rotatable bonds is 3. The first kappa shape index (κ1) is 16.6. The van der Waals surface area contributed by atoms with Gasteiger partial charge in [0, 0.05) is 22.0 Å². The highest BCUT2D eigenvalue weighted by molar-refractivity contribution is 6.30. The van der Waals surface area contributed by atoms with Crippen molar-refractivity contribution in [3.8, 4) is 11.3 Å². The van der Waals surface area contributed by atoms with Crippen LogP contribution in [0.2, 0.25) is 5.02 Å². The van der Waals surface area contributed by atoms with Crippen LogP contribution in [0.15, 0.2) is 88.4 Å². The van der Waals surface area contributed by atoms with E-state index < -0.39 is 0 Å². The van der Waals surface area contributed by atoms with Gasteiger partial charge in [0.2, 0.25) is 5.95 Å². The van der Waals surface area contributed by atoms with E-state index in [-0.39, 0.29) is 0 Å². The van der Waals surface area contributed by atoms with Gasteiger partial charge in [-0.1, -0.05) is 35.9 Å². The number of H-pyrrole nitrogens is 1. The van der Waals surface area contributed by atoms with Crippen molar-refractivity contribution in [2.75, 3.05) is 5.43 Å². The molecule has 2 aromatic heterocycles. The Morgan fingerprint density at radius 2 is 1.71 bits per heavy atom. The highest BCUT2D eigenvalue weighted by Gasteiger charge is 2.06. The molecule has 2 heterocycles. The molecule has 0 radical (unpaired) electrons. The first-order valence-electron chi connectivity index (χ1n) is 8.80. The molecule has 0 aliphatic carbocycles. The van der Waals surface area contributed by atoms with Crippen molar-refractivity contribution in [2.24, 2.45) is 5.10 Å². The molecule has 0 atom stereocenters. The van der Waals surface area contributed by atoms with E-state index in [0.717, 1.165) is 32.9 Å². The van der Waals surface area contributed by atoms with E-state index in [4.69, 9.17) is 16.0 Å². The van der Waals surface area contributed by atoms with E-state index in [9.17, 15) is 0 Å². The summed E-state index contributed by atoms with van der Waals surface area (Å²) in [5.74, 6) is 1.29. The Balaban J connectivity index is 1.62. The fourth-order valence-electron chi connectivity index (χ4n) is 3.08. The molecule has 5 nitrogen and oxygen atoms in total. The smallest absolute Gasteiger partial charge is 0.222 e. The maximum Gasteiger partial charge on any atom is 0.222 e. The highest BCUT2D eigenvalue weighted by Crippen LogP contribution is 2.23. The Morgan fingerprint density at radius 1 is 0.929 bits per heavy atom. The van der Waals surface area contributed by atoms with E-state index in [1.54, 1.807) is 0 Å². The number of nitrogens with zero attached hydrogens (tertiary/aromatic N) is 2. The number of para-hydroxylation sites is 3. The Bertz CT molecular complexity index is 1320. The lowest BCUT2D eigenvalue weighted by molar-refractivity contribution is 0.618. The third-order valence-corrected chi connectivity index (χ3v) is 4.70. The second-order valence-electron chi connectivity index (χ2n) is 6.33. The number of fused-ring (bicyclic) bond motifs is 2. The number of hydrogen-bond donors (Lipinski definition) is 2. The van der Waals surface area contributed by atoms with Gasteiger partial charge in [-0.15, -0.1) is 0 Å². The number of nitrogens with one attached hydrogen (secondary N) is 2. The molecule has 0 amide bonds. The molecule has 0 saturated heterocycles. The van der Waals surface area contributed by atoms with Gasteiger partial charge in [0.1, 0.15) is 11.3 Å². The van der Waals surface area contributed by atoms with Crippen molar-refractivity contribution in [2.45, 2.75) is 0 Å². The van der Waals surface area contributed by atoms with Gasteiger partial charge in [-0.3, -0.25) is 0 Å². The summed E-state index contributed by atoms with van der Waals surface area (Å²) >= 11 is 6.01. The van der Waals surface area contributed by atoms with Crippen LogP contribution in [0.25, 0.3) is 33.3 Å². The molecular weight excluding hydrogens is 372 g/mol. The Morgan fingerprint density at radius 3 is 2.57 bits per heavy atom. The average Bonchev–Trinajstić information content (AvgIpc) is 3.15. The van der Waals surface area contributed by atoms with Crippen molar-refractivity contribution in [1.82, 2.24) is 9.97 Å². The van der Waals surface area contributed by atoms with Crippen LogP contribution < -0.4 is 10.8 Å². The number of hydrogen-bond acceptors (Lipinski definition) is 4. The molecular formula is C22H15ClN4O. The van der Waals surface area contributed by atoms with Crippen LogP contribution in [0.3, 0.4) is 0 Å². The van der Waals surface area contributed by atoms with Crippen LogP contribution in [-0.4, -0.2) is 9.97 Å². The number of imidazole rings is 1. The minimum absolute atomic E-state index is 0.583. The van der Waals surface area contributed by atoms with E-state index >= 15 is 0 Å². The molecule has 136 valence electrons. The largest absolute Gasteiger partial charge is 0.456 e. The van der Waals surface area contributed by atoms with Crippen molar-refractivity contribution < 1.29 is 4.42 Å². The summed E-state index contributed by atoms with van der Waals surface area (Å²) in [7, 11) is 0. The predicted molar refractivity (Wildman–Crippen MR) is 112 cm³/mol. The molecule has 0 aliphatic rings. The first-order chi connectivity index (χ1) is 13.8. The molecule has 0 aliphatic heterocycles. The third kappa shape index (κ3) is 3.12. The maximum absolute atomic E-state index is 6.07. The lowest BCUT2D eigenvalue weighted by Gasteiger charge is -2.05. The summed E-state index contributed by atoms with van der Waals surface area (Å²) in [5, 5.41) is 6.92. The second-order valence-corrected chi connectivity index (χ2v) is 6.76. The average molecular weight is 387 g/mol. The second kappa shape index (κ2) is 6.87. The quantitative estimate of drug-likeness (QED) is 0.399. The Labute approximate surface area is 165 Å². The van der Waals surface area contributed by atoms with Gasteiger partial charge in [0.05, 0.1) is 16.4 Å². The topological polar surface area (TPSA) is 66.2 Å². The van der Waals surface area contributed by atoms with Crippen molar-refractivity contribution in [3.05, 3.63) is 89.2 Å². The zero-order chi connectivity index (χ0) is 18.9. The van der Waals surface area contributed by atoms with Crippen LogP contribution in [0.1, 0.15) is 0 Å². The summed E-state index contributed by atoms with van der Waals surface area (Å²) in [6, 6.07) is 25.1. The van der Waals surface area contributed by atoms with Crippen LogP contribution >= 0.6 is 11.6 Å². The zero-order valence-corrected chi connectivity index (χ0v) is 15.4. The summed E-state index contributed by atoms with van der Waals surface area (Å²) in [4.78, 5) is 7.71. The van der Waals surface area contributed by atoms with Gasteiger partial charge in [0.25, 0.3) is 0 Å². The molecule has 2 N–H and O–H groups in total. The van der Waals surface area contributed by atoms with Gasteiger partial charge in [-0.05, 0) is 48.5 Å². The highest BCUT2D eigenvalue weighted by atomic mass is 35.5. The van der Waals surface area contributed by atoms with E-state index in [0.29, 0.717) is 16.7 Å². The number of aromatic amines is 1. The minimum atomic E-state index is 0.583. The summed E-state index contributed by atoms with van der Waals surface area (Å²) in [5.41, 5.74) is 6.54. The molecule has 0 bridgehead atoms. The van der Waals surface area contributed by atoms with Crippen molar-refractivity contribution in [1.29, 1.82) is 0 Å². The van der Waals surface area contributed by atoms with E-state index in [1.807, 2.05) is 78.9 Å². The van der Waals surface area contributed by atoms with Gasteiger partial charge in [-0.25, -0.2) is 10.4 Å². The first-order valence-corrected chi connectivity index (χ1v) is 9.17. The van der Waals surface area contributed by atoms with Gasteiger partial charge in [-0.2, -0.15) is 5.10 Å². The standard InChI is InChI=1S/C22H15ClN4O/c23-15-11-9-14(10-12-15)21-13-19(16-5-1-4-8-20(16)28-21)26-27-22-24-17-6-2-3-7-18(17)25-22/h1-13H,(H2,24,25,27)/b26-19-. The van der Waals surface area contributed by atoms with Crippen LogP contribution in [0, 0.1) is 0 Å². The van der Waals surface area contributed by atoms with Crippen LogP contribution in [0.5, 0.6) is 0 Å². The van der Waals surface area contributed by atoms with Crippen molar-refractivity contribution in [3.63, 3.8) is 0 Å².